The first-order valence-corrected chi connectivity index (χ1v) is 8.84. The molecule has 6 nitrogen and oxygen atoms in total. The molecule has 4 rings (SSSR count). The molecular formula is C20H12N2O4S. The van der Waals surface area contributed by atoms with Gasteiger partial charge in [-0.15, -0.1) is 0 Å². The molecule has 0 saturated carbocycles. The van der Waals surface area contributed by atoms with Crippen molar-refractivity contribution in [3.8, 4) is 11.3 Å². The summed E-state index contributed by atoms with van der Waals surface area (Å²) in [7, 11) is 0. The Morgan fingerprint density at radius 2 is 1.78 bits per heavy atom. The number of aliphatic imine (C=N–C) groups is 1. The average Bonchev–Trinajstić information content (AvgIpc) is 3.30. The van der Waals surface area contributed by atoms with Crippen LogP contribution in [0.2, 0.25) is 0 Å². The van der Waals surface area contributed by atoms with Gasteiger partial charge in [-0.1, -0.05) is 54.2 Å². The van der Waals surface area contributed by atoms with Crippen LogP contribution in [0.1, 0.15) is 11.3 Å². The van der Waals surface area contributed by atoms with Crippen LogP contribution in [0.4, 0.5) is 5.69 Å². The Labute approximate surface area is 158 Å². The lowest BCUT2D eigenvalue weighted by molar-refractivity contribution is -0.384. The quantitative estimate of drug-likeness (QED) is 0.367. The molecule has 0 bridgehead atoms. The third-order valence-corrected chi connectivity index (χ3v) is 4.92. The van der Waals surface area contributed by atoms with E-state index < -0.39 is 4.92 Å². The number of nitrogens with zero attached hydrogens (tertiary/aromatic N) is 2. The Balaban J connectivity index is 1.57. The van der Waals surface area contributed by atoms with Crippen LogP contribution in [0.25, 0.3) is 17.4 Å². The molecule has 1 aromatic heterocycles. The number of thioether (sulfide) groups is 1. The maximum Gasteiger partial charge on any atom is 0.285 e. The molecule has 0 saturated heterocycles. The second kappa shape index (κ2) is 7.05. The van der Waals surface area contributed by atoms with Crippen LogP contribution in [0, 0.1) is 10.1 Å². The molecule has 27 heavy (non-hydrogen) atoms. The summed E-state index contributed by atoms with van der Waals surface area (Å²) in [6.45, 7) is 0. The summed E-state index contributed by atoms with van der Waals surface area (Å²) in [4.78, 5) is 27.2. The molecule has 7 heteroatoms. The molecule has 0 unspecified atom stereocenters. The molecule has 1 aliphatic rings. The Morgan fingerprint density at radius 1 is 1.00 bits per heavy atom. The van der Waals surface area contributed by atoms with E-state index >= 15 is 0 Å². The Kier molecular flexibility index (Phi) is 4.43. The first kappa shape index (κ1) is 17.0. The minimum absolute atomic E-state index is 0.00812. The fourth-order valence-electron chi connectivity index (χ4n) is 2.60. The lowest BCUT2D eigenvalue weighted by atomic mass is 10.1. The number of nitro groups is 1. The third kappa shape index (κ3) is 3.58. The maximum atomic E-state index is 12.2. The van der Waals surface area contributed by atoms with Crippen LogP contribution < -0.4 is 0 Å². The molecule has 0 fully saturated rings. The molecule has 0 radical (unpaired) electrons. The van der Waals surface area contributed by atoms with Crippen molar-refractivity contribution < 1.29 is 14.1 Å². The molecule has 1 amide bonds. The molecular weight excluding hydrogens is 364 g/mol. The smallest absolute Gasteiger partial charge is 0.285 e. The minimum atomic E-state index is -0.453. The van der Waals surface area contributed by atoms with E-state index in [9.17, 15) is 14.9 Å². The third-order valence-electron chi connectivity index (χ3n) is 3.88. The SMILES string of the molecule is O=C1N=C(c2ccccc2)S/C1=C\c1ccc(-c2cccc([N+](=O)[O-])c2)o1. The van der Waals surface area contributed by atoms with Gasteiger partial charge in [0.25, 0.3) is 11.6 Å². The highest BCUT2D eigenvalue weighted by Gasteiger charge is 2.23. The minimum Gasteiger partial charge on any atom is -0.457 e. The van der Waals surface area contributed by atoms with Gasteiger partial charge < -0.3 is 4.42 Å². The summed E-state index contributed by atoms with van der Waals surface area (Å²) in [5.41, 5.74) is 1.47. The van der Waals surface area contributed by atoms with Crippen LogP contribution >= 0.6 is 11.8 Å². The molecule has 0 aliphatic carbocycles. The molecule has 0 spiro atoms. The standard InChI is InChI=1S/C20H12N2O4S/c23-19-18(27-20(21-19)13-5-2-1-3-6-13)12-16-9-10-17(26-16)14-7-4-8-15(11-14)22(24)25/h1-12H/b18-12-. The molecule has 1 aliphatic heterocycles. The number of carbonyl (C=O) groups is 1. The average molecular weight is 376 g/mol. The van der Waals surface area contributed by atoms with Gasteiger partial charge in [0, 0.05) is 29.3 Å². The van der Waals surface area contributed by atoms with Gasteiger partial charge in [0.05, 0.1) is 9.83 Å². The zero-order valence-electron chi connectivity index (χ0n) is 13.9. The highest BCUT2D eigenvalue weighted by molar-refractivity contribution is 8.19. The van der Waals surface area contributed by atoms with Gasteiger partial charge in [0.2, 0.25) is 0 Å². The molecule has 2 heterocycles. The van der Waals surface area contributed by atoms with E-state index in [4.69, 9.17) is 4.42 Å². The van der Waals surface area contributed by atoms with Crippen molar-refractivity contribution in [1.82, 2.24) is 0 Å². The summed E-state index contributed by atoms with van der Waals surface area (Å²) in [6, 6.07) is 19.1. The number of hydrogen-bond donors (Lipinski definition) is 0. The van der Waals surface area contributed by atoms with E-state index in [1.165, 1.54) is 23.9 Å². The van der Waals surface area contributed by atoms with Gasteiger partial charge in [-0.05, 0) is 12.1 Å². The van der Waals surface area contributed by atoms with Crippen LogP contribution in [0.15, 0.2) is 81.0 Å². The topological polar surface area (TPSA) is 85.7 Å². The molecule has 0 atom stereocenters. The maximum absolute atomic E-state index is 12.2. The Bertz CT molecular complexity index is 1100. The van der Waals surface area contributed by atoms with Crippen LogP contribution in [-0.4, -0.2) is 15.9 Å². The second-order valence-electron chi connectivity index (χ2n) is 5.71. The van der Waals surface area contributed by atoms with Crippen molar-refractivity contribution in [2.75, 3.05) is 0 Å². The Morgan fingerprint density at radius 3 is 2.56 bits per heavy atom. The number of hydrogen-bond acceptors (Lipinski definition) is 5. The number of nitro benzene ring substituents is 1. The highest BCUT2D eigenvalue weighted by Crippen LogP contribution is 2.33. The Hall–Kier alpha value is -3.45. The van der Waals surface area contributed by atoms with Crippen molar-refractivity contribution in [3.05, 3.63) is 93.1 Å². The first-order chi connectivity index (χ1) is 13.1. The van der Waals surface area contributed by atoms with Gasteiger partial charge in [-0.25, -0.2) is 4.99 Å². The summed E-state index contributed by atoms with van der Waals surface area (Å²) in [5.74, 6) is 0.661. The monoisotopic (exact) mass is 376 g/mol. The summed E-state index contributed by atoms with van der Waals surface area (Å²) >= 11 is 1.29. The number of carbonyl (C=O) groups excluding carboxylic acids is 1. The number of furan rings is 1. The number of rotatable bonds is 4. The zero-order valence-corrected chi connectivity index (χ0v) is 14.7. The predicted molar refractivity (Wildman–Crippen MR) is 104 cm³/mol. The summed E-state index contributed by atoms with van der Waals surface area (Å²) < 4.78 is 5.74. The molecule has 0 N–H and O–H groups in total. The largest absolute Gasteiger partial charge is 0.457 e. The molecule has 3 aromatic rings. The first-order valence-electron chi connectivity index (χ1n) is 8.03. The van der Waals surface area contributed by atoms with Gasteiger partial charge in [0.15, 0.2) is 0 Å². The van der Waals surface area contributed by atoms with E-state index in [2.05, 4.69) is 4.99 Å². The zero-order chi connectivity index (χ0) is 18.8. The van der Waals surface area contributed by atoms with E-state index in [0.717, 1.165) is 5.56 Å². The number of non-ortho nitro benzene ring substituents is 1. The van der Waals surface area contributed by atoms with Gasteiger partial charge >= 0.3 is 0 Å². The highest BCUT2D eigenvalue weighted by atomic mass is 32.2. The summed E-state index contributed by atoms with van der Waals surface area (Å²) in [6.07, 6.45) is 1.63. The number of amides is 1. The van der Waals surface area contributed by atoms with E-state index in [-0.39, 0.29) is 11.6 Å². The van der Waals surface area contributed by atoms with Crippen LogP contribution in [0.5, 0.6) is 0 Å². The van der Waals surface area contributed by atoms with Crippen molar-refractivity contribution in [1.29, 1.82) is 0 Å². The van der Waals surface area contributed by atoms with Crippen LogP contribution in [-0.2, 0) is 4.79 Å². The summed E-state index contributed by atoms with van der Waals surface area (Å²) in [5, 5.41) is 11.6. The normalized spacial score (nSPS) is 15.2. The van der Waals surface area contributed by atoms with E-state index in [0.29, 0.717) is 27.0 Å². The van der Waals surface area contributed by atoms with Crippen molar-refractivity contribution in [2.24, 2.45) is 4.99 Å². The predicted octanol–water partition coefficient (Wildman–Crippen LogP) is 4.92. The van der Waals surface area contributed by atoms with E-state index in [1.807, 2.05) is 30.3 Å². The number of benzene rings is 2. The molecule has 2 aromatic carbocycles. The van der Waals surface area contributed by atoms with Gasteiger partial charge in [-0.3, -0.25) is 14.9 Å². The fraction of sp³-hybridized carbons (Fsp3) is 0. The molecule has 132 valence electrons. The van der Waals surface area contributed by atoms with Crippen LogP contribution in [0.3, 0.4) is 0 Å². The van der Waals surface area contributed by atoms with Gasteiger partial charge in [-0.2, -0.15) is 0 Å². The lowest BCUT2D eigenvalue weighted by Crippen LogP contribution is -1.89. The van der Waals surface area contributed by atoms with Gasteiger partial charge in [0.1, 0.15) is 16.6 Å². The second-order valence-corrected chi connectivity index (χ2v) is 6.74. The van der Waals surface area contributed by atoms with Crippen molar-refractivity contribution >= 4 is 34.5 Å². The fourth-order valence-corrected chi connectivity index (χ4v) is 3.50. The lowest BCUT2D eigenvalue weighted by Gasteiger charge is -1.98. The van der Waals surface area contributed by atoms with Crippen molar-refractivity contribution in [2.45, 2.75) is 0 Å². The van der Waals surface area contributed by atoms with E-state index in [1.54, 1.807) is 30.3 Å². The van der Waals surface area contributed by atoms with Crippen molar-refractivity contribution in [3.63, 3.8) is 0 Å².